The minimum atomic E-state index is 0. The van der Waals surface area contributed by atoms with Crippen LogP contribution in [0, 0.1) is 0 Å². The quantitative estimate of drug-likeness (QED) is 0.233. The van der Waals surface area contributed by atoms with Crippen LogP contribution in [-0.2, 0) is 6.42 Å². The van der Waals surface area contributed by atoms with E-state index in [9.17, 15) is 0 Å². The van der Waals surface area contributed by atoms with Crippen LogP contribution in [-0.4, -0.2) is 4.98 Å². The fourth-order valence-electron chi connectivity index (χ4n) is 4.10. The zero-order valence-electron chi connectivity index (χ0n) is 18.8. The average molecular weight is 418 g/mol. The highest BCUT2D eigenvalue weighted by atomic mass is 35.5. The Morgan fingerprint density at radius 3 is 1.59 bits per heavy atom. The van der Waals surface area contributed by atoms with Crippen LogP contribution in [0.3, 0.4) is 0 Å². The Kier molecular flexibility index (Phi) is 15.9. The molecule has 0 N–H and O–H groups in total. The monoisotopic (exact) mass is 417 g/mol. The molecule has 0 bridgehead atoms. The summed E-state index contributed by atoms with van der Waals surface area (Å²) < 4.78 is 0. The lowest BCUT2D eigenvalue weighted by Gasteiger charge is -2.04. The smallest absolute Gasteiger partial charge is 0.0705 e. The van der Waals surface area contributed by atoms with Crippen molar-refractivity contribution in [3.63, 3.8) is 0 Å². The first-order chi connectivity index (χ1) is 13.9. The predicted molar refractivity (Wildman–Crippen MR) is 132 cm³/mol. The Bertz CT molecular complexity index is 625. The lowest BCUT2D eigenvalue weighted by Crippen LogP contribution is -1.91. The predicted octanol–water partition coefficient (Wildman–Crippen LogP) is 9.46. The van der Waals surface area contributed by atoms with E-state index in [0.29, 0.717) is 0 Å². The van der Waals surface area contributed by atoms with Crippen LogP contribution in [0.4, 0.5) is 0 Å². The van der Waals surface area contributed by atoms with E-state index in [1.54, 1.807) is 0 Å². The van der Waals surface area contributed by atoms with Crippen LogP contribution in [0.2, 0.25) is 0 Å². The van der Waals surface area contributed by atoms with E-state index < -0.39 is 0 Å². The third kappa shape index (κ3) is 12.3. The largest absolute Gasteiger partial charge is 0.253 e. The number of nitrogens with zero attached hydrogens (tertiary/aromatic N) is 1. The molecule has 0 aliphatic rings. The lowest BCUT2D eigenvalue weighted by atomic mass is 10.0. The molecular weight excluding hydrogens is 374 g/mol. The van der Waals surface area contributed by atoms with Crippen molar-refractivity contribution < 1.29 is 0 Å². The molecule has 0 unspecified atom stereocenters. The summed E-state index contributed by atoms with van der Waals surface area (Å²) in [6, 6.07) is 12.8. The maximum absolute atomic E-state index is 4.78. The van der Waals surface area contributed by atoms with E-state index in [1.165, 1.54) is 114 Å². The third-order valence-electron chi connectivity index (χ3n) is 5.94. The number of para-hydroxylation sites is 1. The molecule has 0 spiro atoms. The number of unbranched alkanes of at least 4 members (excludes halogenated alkanes) is 15. The highest BCUT2D eigenvalue weighted by Crippen LogP contribution is 2.16. The van der Waals surface area contributed by atoms with E-state index in [1.807, 2.05) is 0 Å². The molecule has 2 aromatic rings. The van der Waals surface area contributed by atoms with Gasteiger partial charge < -0.3 is 0 Å². The maximum Gasteiger partial charge on any atom is 0.0705 e. The minimum Gasteiger partial charge on any atom is -0.253 e. The molecule has 164 valence electrons. The molecule has 0 fully saturated rings. The van der Waals surface area contributed by atoms with Gasteiger partial charge in [-0.2, -0.15) is 0 Å². The van der Waals surface area contributed by atoms with Gasteiger partial charge in [0.1, 0.15) is 0 Å². The number of aromatic nitrogens is 1. The summed E-state index contributed by atoms with van der Waals surface area (Å²) in [5.74, 6) is 0. The standard InChI is InChI=1S/C27H43N.ClH/c1-2-3-4-5-6-7-8-9-10-11-12-13-14-15-16-17-21-26-24-23-25-20-18-19-22-27(25)28-26;/h18-20,22-24H,2-17,21H2,1H3;1H. The highest BCUT2D eigenvalue weighted by molar-refractivity contribution is 5.85. The molecule has 0 saturated carbocycles. The van der Waals surface area contributed by atoms with Gasteiger partial charge in [0.25, 0.3) is 0 Å². The SMILES string of the molecule is CCCCCCCCCCCCCCCCCCc1ccc2ccccc2n1.Cl. The van der Waals surface area contributed by atoms with Crippen molar-refractivity contribution in [1.29, 1.82) is 0 Å². The first-order valence-corrected chi connectivity index (χ1v) is 12.2. The van der Waals surface area contributed by atoms with Crippen LogP contribution in [0.25, 0.3) is 10.9 Å². The first kappa shape index (κ1) is 26.0. The summed E-state index contributed by atoms with van der Waals surface area (Å²) in [4.78, 5) is 4.78. The average Bonchev–Trinajstić information content (AvgIpc) is 2.73. The lowest BCUT2D eigenvalue weighted by molar-refractivity contribution is 0.529. The molecule has 2 heteroatoms. The van der Waals surface area contributed by atoms with Crippen molar-refractivity contribution in [3.8, 4) is 0 Å². The van der Waals surface area contributed by atoms with Crippen molar-refractivity contribution in [1.82, 2.24) is 4.98 Å². The van der Waals surface area contributed by atoms with Crippen LogP contribution in [0.1, 0.15) is 115 Å². The maximum atomic E-state index is 4.78. The van der Waals surface area contributed by atoms with E-state index in [2.05, 4.69) is 43.3 Å². The molecule has 0 saturated heterocycles. The number of halogens is 1. The molecule has 2 rings (SSSR count). The van der Waals surface area contributed by atoms with Gasteiger partial charge in [0.2, 0.25) is 0 Å². The fraction of sp³-hybridized carbons (Fsp3) is 0.667. The molecule has 1 aromatic heterocycles. The summed E-state index contributed by atoms with van der Waals surface area (Å²) in [5, 5.41) is 1.25. The number of aryl methyl sites for hydroxylation is 1. The molecule has 1 nitrogen and oxygen atoms in total. The number of pyridine rings is 1. The van der Waals surface area contributed by atoms with Crippen molar-refractivity contribution in [2.45, 2.75) is 116 Å². The van der Waals surface area contributed by atoms with Crippen molar-refractivity contribution in [2.75, 3.05) is 0 Å². The van der Waals surface area contributed by atoms with Gasteiger partial charge in [-0.05, 0) is 25.0 Å². The van der Waals surface area contributed by atoms with Gasteiger partial charge in [0.05, 0.1) is 5.52 Å². The topological polar surface area (TPSA) is 12.9 Å². The summed E-state index contributed by atoms with van der Waals surface area (Å²) in [6.07, 6.45) is 24.0. The van der Waals surface area contributed by atoms with Gasteiger partial charge >= 0.3 is 0 Å². The van der Waals surface area contributed by atoms with Crippen LogP contribution >= 0.6 is 12.4 Å². The van der Waals surface area contributed by atoms with Crippen LogP contribution in [0.15, 0.2) is 36.4 Å². The van der Waals surface area contributed by atoms with Crippen LogP contribution < -0.4 is 0 Å². The van der Waals surface area contributed by atoms with Gasteiger partial charge in [-0.25, -0.2) is 0 Å². The second-order valence-corrected chi connectivity index (χ2v) is 8.55. The number of rotatable bonds is 17. The summed E-state index contributed by atoms with van der Waals surface area (Å²) in [7, 11) is 0. The molecule has 29 heavy (non-hydrogen) atoms. The van der Waals surface area contributed by atoms with Gasteiger partial charge in [-0.15, -0.1) is 12.4 Å². The summed E-state index contributed by atoms with van der Waals surface area (Å²) >= 11 is 0. The van der Waals surface area contributed by atoms with E-state index in [0.717, 1.165) is 11.9 Å². The normalized spacial score (nSPS) is 10.9. The highest BCUT2D eigenvalue weighted by Gasteiger charge is 1.99. The molecule has 1 aromatic carbocycles. The molecule has 0 atom stereocenters. The molecule has 1 heterocycles. The number of fused-ring (bicyclic) bond motifs is 1. The van der Waals surface area contributed by atoms with Crippen LogP contribution in [0.5, 0.6) is 0 Å². The Hall–Kier alpha value is -1.08. The Morgan fingerprint density at radius 1 is 0.552 bits per heavy atom. The molecule has 0 radical (unpaired) electrons. The van der Waals surface area contributed by atoms with Crippen molar-refractivity contribution in [3.05, 3.63) is 42.1 Å². The van der Waals surface area contributed by atoms with Gasteiger partial charge in [-0.1, -0.05) is 128 Å². The Balaban J connectivity index is 0.00000420. The zero-order valence-corrected chi connectivity index (χ0v) is 19.7. The van der Waals surface area contributed by atoms with E-state index >= 15 is 0 Å². The minimum absolute atomic E-state index is 0. The van der Waals surface area contributed by atoms with E-state index in [-0.39, 0.29) is 12.4 Å². The Morgan fingerprint density at radius 2 is 1.03 bits per heavy atom. The Labute approximate surface area is 186 Å². The van der Waals surface area contributed by atoms with Crippen molar-refractivity contribution >= 4 is 23.3 Å². The summed E-state index contributed by atoms with van der Waals surface area (Å²) in [5.41, 5.74) is 2.39. The molecule has 0 aliphatic heterocycles. The number of benzene rings is 1. The third-order valence-corrected chi connectivity index (χ3v) is 5.94. The van der Waals surface area contributed by atoms with E-state index in [4.69, 9.17) is 4.98 Å². The molecule has 0 aliphatic carbocycles. The summed E-state index contributed by atoms with van der Waals surface area (Å²) in [6.45, 7) is 2.30. The second kappa shape index (κ2) is 17.8. The first-order valence-electron chi connectivity index (χ1n) is 12.2. The second-order valence-electron chi connectivity index (χ2n) is 8.55. The fourth-order valence-corrected chi connectivity index (χ4v) is 4.10. The number of hydrogen-bond acceptors (Lipinski definition) is 1. The van der Waals surface area contributed by atoms with Crippen molar-refractivity contribution in [2.24, 2.45) is 0 Å². The molecule has 0 amide bonds. The zero-order chi connectivity index (χ0) is 19.7. The number of hydrogen-bond donors (Lipinski definition) is 0. The molecular formula is C27H44ClN. The van der Waals surface area contributed by atoms with Gasteiger partial charge in [-0.3, -0.25) is 4.98 Å². The van der Waals surface area contributed by atoms with Gasteiger partial charge in [0.15, 0.2) is 0 Å². The van der Waals surface area contributed by atoms with Gasteiger partial charge in [0, 0.05) is 11.1 Å².